The highest BCUT2D eigenvalue weighted by atomic mass is 79.9. The Balaban J connectivity index is 2.18. The number of benzene rings is 2. The quantitative estimate of drug-likeness (QED) is 0.611. The monoisotopic (exact) mass is 377 g/mol. The lowest BCUT2D eigenvalue weighted by atomic mass is 10.1. The smallest absolute Gasteiger partial charge is 0.293 e. The van der Waals surface area contributed by atoms with Gasteiger partial charge in [0.05, 0.1) is 11.0 Å². The van der Waals surface area contributed by atoms with E-state index in [1.165, 1.54) is 12.1 Å². The maximum atomic E-state index is 12.3. The van der Waals surface area contributed by atoms with Crippen LogP contribution in [0.25, 0.3) is 0 Å². The van der Waals surface area contributed by atoms with Crippen LogP contribution in [0.4, 0.5) is 11.4 Å². The number of amides is 1. The summed E-state index contributed by atoms with van der Waals surface area (Å²) in [5.74, 6) is -0.355. The molecule has 23 heavy (non-hydrogen) atoms. The van der Waals surface area contributed by atoms with Crippen molar-refractivity contribution >= 4 is 33.2 Å². The largest absolute Gasteiger partial charge is 0.383 e. The zero-order chi connectivity index (χ0) is 17.0. The van der Waals surface area contributed by atoms with Crippen LogP contribution in [0.2, 0.25) is 0 Å². The molecule has 0 fully saturated rings. The minimum Gasteiger partial charge on any atom is -0.383 e. The molecular formula is C16H16BrN3O3. The minimum absolute atomic E-state index is 0.128. The van der Waals surface area contributed by atoms with Crippen molar-refractivity contribution in [1.29, 1.82) is 0 Å². The molecule has 6 nitrogen and oxygen atoms in total. The molecule has 0 heterocycles. The number of anilines is 1. The first-order valence-electron chi connectivity index (χ1n) is 6.95. The standard InChI is InChI=1S/C16H16BrN3O3/c1-10(11-3-6-13(17)7-4-11)19-16(21)12-5-8-14(18-2)15(9-12)20(22)23/h3-10,18H,1-2H3,(H,19,21)/t10-/m0/s1. The van der Waals surface area contributed by atoms with Gasteiger partial charge in [-0.1, -0.05) is 28.1 Å². The van der Waals surface area contributed by atoms with E-state index in [2.05, 4.69) is 26.6 Å². The van der Waals surface area contributed by atoms with E-state index >= 15 is 0 Å². The van der Waals surface area contributed by atoms with Gasteiger partial charge < -0.3 is 10.6 Å². The number of hydrogen-bond donors (Lipinski definition) is 2. The fraction of sp³-hybridized carbons (Fsp3) is 0.188. The molecule has 0 aliphatic heterocycles. The molecule has 0 saturated carbocycles. The molecule has 1 amide bonds. The van der Waals surface area contributed by atoms with Gasteiger partial charge in [0.15, 0.2) is 0 Å². The zero-order valence-corrected chi connectivity index (χ0v) is 14.3. The van der Waals surface area contributed by atoms with Gasteiger partial charge in [0.25, 0.3) is 11.6 Å². The third-order valence-corrected chi connectivity index (χ3v) is 3.97. The van der Waals surface area contributed by atoms with E-state index in [9.17, 15) is 14.9 Å². The summed E-state index contributed by atoms with van der Waals surface area (Å²) >= 11 is 3.36. The molecular weight excluding hydrogens is 362 g/mol. The predicted octanol–water partition coefficient (Wildman–Crippen LogP) is 3.89. The Morgan fingerprint density at radius 1 is 1.22 bits per heavy atom. The van der Waals surface area contributed by atoms with Crippen molar-refractivity contribution in [3.8, 4) is 0 Å². The second-order valence-electron chi connectivity index (χ2n) is 4.99. The van der Waals surface area contributed by atoms with Gasteiger partial charge in [-0.15, -0.1) is 0 Å². The average molecular weight is 378 g/mol. The van der Waals surface area contributed by atoms with Crippen LogP contribution in [-0.2, 0) is 0 Å². The Morgan fingerprint density at radius 2 is 1.87 bits per heavy atom. The number of nitro groups is 1. The Kier molecular flexibility index (Phi) is 5.33. The van der Waals surface area contributed by atoms with E-state index in [1.54, 1.807) is 13.1 Å². The summed E-state index contributed by atoms with van der Waals surface area (Å²) in [6.07, 6.45) is 0. The highest BCUT2D eigenvalue weighted by molar-refractivity contribution is 9.10. The highest BCUT2D eigenvalue weighted by Crippen LogP contribution is 2.25. The fourth-order valence-corrected chi connectivity index (χ4v) is 2.41. The molecule has 0 aliphatic rings. The molecule has 2 aromatic rings. The molecule has 0 bridgehead atoms. The summed E-state index contributed by atoms with van der Waals surface area (Å²) in [5.41, 5.74) is 1.44. The van der Waals surface area contributed by atoms with Crippen molar-refractivity contribution in [2.45, 2.75) is 13.0 Å². The summed E-state index contributed by atoms with van der Waals surface area (Å²) in [7, 11) is 1.59. The number of carbonyl (C=O) groups is 1. The number of hydrogen-bond acceptors (Lipinski definition) is 4. The Labute approximate surface area is 142 Å². The molecule has 0 aliphatic carbocycles. The SMILES string of the molecule is CNc1ccc(C(=O)N[C@@H](C)c2ccc(Br)cc2)cc1[N+](=O)[O-]. The van der Waals surface area contributed by atoms with Gasteiger partial charge in [0.2, 0.25) is 0 Å². The predicted molar refractivity (Wildman–Crippen MR) is 92.7 cm³/mol. The zero-order valence-electron chi connectivity index (χ0n) is 12.7. The summed E-state index contributed by atoms with van der Waals surface area (Å²) in [6, 6.07) is 11.7. The molecule has 2 aromatic carbocycles. The third-order valence-electron chi connectivity index (χ3n) is 3.44. The van der Waals surface area contributed by atoms with Gasteiger partial charge in [-0.25, -0.2) is 0 Å². The Morgan fingerprint density at radius 3 is 2.43 bits per heavy atom. The lowest BCUT2D eigenvalue weighted by Crippen LogP contribution is -2.26. The average Bonchev–Trinajstić information content (AvgIpc) is 2.54. The molecule has 0 aromatic heterocycles. The van der Waals surface area contributed by atoms with Gasteiger partial charge in [-0.2, -0.15) is 0 Å². The lowest BCUT2D eigenvalue weighted by molar-refractivity contribution is -0.384. The first-order valence-corrected chi connectivity index (χ1v) is 7.74. The highest BCUT2D eigenvalue weighted by Gasteiger charge is 2.18. The van der Waals surface area contributed by atoms with Crippen LogP contribution >= 0.6 is 15.9 Å². The summed E-state index contributed by atoms with van der Waals surface area (Å²) < 4.78 is 0.957. The molecule has 7 heteroatoms. The summed E-state index contributed by atoms with van der Waals surface area (Å²) in [6.45, 7) is 1.86. The lowest BCUT2D eigenvalue weighted by Gasteiger charge is -2.15. The van der Waals surface area contributed by atoms with E-state index in [0.717, 1.165) is 10.0 Å². The van der Waals surface area contributed by atoms with Crippen molar-refractivity contribution < 1.29 is 9.72 Å². The van der Waals surface area contributed by atoms with Gasteiger partial charge in [-0.3, -0.25) is 14.9 Å². The van der Waals surface area contributed by atoms with Gasteiger partial charge in [-0.05, 0) is 36.8 Å². The summed E-state index contributed by atoms with van der Waals surface area (Å²) in [4.78, 5) is 22.9. The molecule has 0 saturated heterocycles. The van der Waals surface area contributed by atoms with E-state index in [1.807, 2.05) is 31.2 Å². The van der Waals surface area contributed by atoms with E-state index in [4.69, 9.17) is 0 Å². The van der Waals surface area contributed by atoms with E-state index < -0.39 is 4.92 Å². The molecule has 0 unspecified atom stereocenters. The number of nitrogens with one attached hydrogen (secondary N) is 2. The van der Waals surface area contributed by atoms with Crippen molar-refractivity contribution in [3.05, 3.63) is 68.2 Å². The second-order valence-corrected chi connectivity index (χ2v) is 5.90. The van der Waals surface area contributed by atoms with Crippen LogP contribution in [0.1, 0.15) is 28.9 Å². The molecule has 120 valence electrons. The van der Waals surface area contributed by atoms with Crippen LogP contribution in [-0.4, -0.2) is 17.9 Å². The molecule has 2 rings (SSSR count). The van der Waals surface area contributed by atoms with Crippen LogP contribution in [0.3, 0.4) is 0 Å². The Bertz CT molecular complexity index is 732. The first kappa shape index (κ1) is 17.0. The molecule has 0 spiro atoms. The minimum atomic E-state index is -0.513. The Hall–Kier alpha value is -2.41. The number of halogens is 1. The second kappa shape index (κ2) is 7.23. The van der Waals surface area contributed by atoms with Gasteiger partial charge >= 0.3 is 0 Å². The van der Waals surface area contributed by atoms with Crippen molar-refractivity contribution in [1.82, 2.24) is 5.32 Å². The molecule has 1 atom stereocenters. The molecule has 2 N–H and O–H groups in total. The fourth-order valence-electron chi connectivity index (χ4n) is 2.15. The summed E-state index contributed by atoms with van der Waals surface area (Å²) in [5, 5.41) is 16.6. The van der Waals surface area contributed by atoms with Crippen LogP contribution in [0.15, 0.2) is 46.9 Å². The third kappa shape index (κ3) is 4.07. The van der Waals surface area contributed by atoms with Crippen LogP contribution in [0, 0.1) is 10.1 Å². The van der Waals surface area contributed by atoms with Crippen molar-refractivity contribution in [2.24, 2.45) is 0 Å². The maximum absolute atomic E-state index is 12.3. The number of nitrogens with zero attached hydrogens (tertiary/aromatic N) is 1. The maximum Gasteiger partial charge on any atom is 0.293 e. The van der Waals surface area contributed by atoms with Crippen LogP contribution < -0.4 is 10.6 Å². The van der Waals surface area contributed by atoms with Crippen molar-refractivity contribution in [2.75, 3.05) is 12.4 Å². The van der Waals surface area contributed by atoms with E-state index in [0.29, 0.717) is 5.69 Å². The van der Waals surface area contributed by atoms with E-state index in [-0.39, 0.29) is 23.2 Å². The normalized spacial score (nSPS) is 11.6. The van der Waals surface area contributed by atoms with Gasteiger partial charge in [0, 0.05) is 23.2 Å². The number of rotatable bonds is 5. The number of nitro benzene ring substituents is 1. The van der Waals surface area contributed by atoms with Crippen LogP contribution in [0.5, 0.6) is 0 Å². The first-order chi connectivity index (χ1) is 10.9. The topological polar surface area (TPSA) is 84.3 Å². The molecule has 0 radical (unpaired) electrons. The van der Waals surface area contributed by atoms with Crippen molar-refractivity contribution in [3.63, 3.8) is 0 Å². The number of carbonyl (C=O) groups excluding carboxylic acids is 1. The van der Waals surface area contributed by atoms with Gasteiger partial charge in [0.1, 0.15) is 5.69 Å².